The largest absolute Gasteiger partial charge is 0.384 e. The molecule has 1 N–H and O–H groups in total. The van der Waals surface area contributed by atoms with Crippen molar-refractivity contribution in [1.82, 2.24) is 4.98 Å². The second kappa shape index (κ2) is 4.77. The standard InChI is InChI=1S/C15H17ClN2/c1-10-6-15(17-9-11-7-12(16)8-11)13-4-2-3-5-14(13)18-10/h2-6,11-12H,7-9H2,1H3,(H,17,18). The van der Waals surface area contributed by atoms with Crippen LogP contribution in [0.25, 0.3) is 10.9 Å². The highest BCUT2D eigenvalue weighted by Gasteiger charge is 2.26. The summed E-state index contributed by atoms with van der Waals surface area (Å²) >= 11 is 6.01. The first-order chi connectivity index (χ1) is 8.72. The smallest absolute Gasteiger partial charge is 0.0725 e. The molecule has 2 aromatic rings. The van der Waals surface area contributed by atoms with Crippen molar-refractivity contribution in [2.75, 3.05) is 11.9 Å². The average molecular weight is 261 g/mol. The number of aromatic nitrogens is 1. The third-order valence-electron chi connectivity index (χ3n) is 3.60. The molecule has 0 atom stereocenters. The summed E-state index contributed by atoms with van der Waals surface area (Å²) in [7, 11) is 0. The Kier molecular flexibility index (Phi) is 3.13. The summed E-state index contributed by atoms with van der Waals surface area (Å²) in [5.74, 6) is 0.722. The molecule has 1 heterocycles. The first kappa shape index (κ1) is 11.8. The van der Waals surface area contributed by atoms with Gasteiger partial charge in [0, 0.05) is 28.7 Å². The molecule has 3 rings (SSSR count). The fourth-order valence-corrected chi connectivity index (χ4v) is 3.03. The quantitative estimate of drug-likeness (QED) is 0.845. The first-order valence-electron chi connectivity index (χ1n) is 6.46. The topological polar surface area (TPSA) is 24.9 Å². The number of pyridine rings is 1. The van der Waals surface area contributed by atoms with Gasteiger partial charge in [-0.15, -0.1) is 11.6 Å². The van der Waals surface area contributed by atoms with Gasteiger partial charge in [-0.3, -0.25) is 4.98 Å². The molecule has 0 radical (unpaired) electrons. The molecule has 3 heteroatoms. The number of hydrogen-bond donors (Lipinski definition) is 1. The zero-order valence-electron chi connectivity index (χ0n) is 10.5. The Morgan fingerprint density at radius 2 is 2.11 bits per heavy atom. The van der Waals surface area contributed by atoms with Gasteiger partial charge in [-0.2, -0.15) is 0 Å². The minimum atomic E-state index is 0.396. The predicted molar refractivity (Wildman–Crippen MR) is 77.3 cm³/mol. The van der Waals surface area contributed by atoms with Crippen molar-refractivity contribution in [3.63, 3.8) is 0 Å². The number of alkyl halides is 1. The van der Waals surface area contributed by atoms with Gasteiger partial charge in [0.05, 0.1) is 5.52 Å². The molecule has 1 aliphatic rings. The van der Waals surface area contributed by atoms with E-state index < -0.39 is 0 Å². The van der Waals surface area contributed by atoms with Crippen LogP contribution >= 0.6 is 11.6 Å². The van der Waals surface area contributed by atoms with Gasteiger partial charge >= 0.3 is 0 Å². The molecule has 0 bridgehead atoms. The lowest BCUT2D eigenvalue weighted by Gasteiger charge is -2.31. The van der Waals surface area contributed by atoms with E-state index in [1.165, 1.54) is 11.1 Å². The summed E-state index contributed by atoms with van der Waals surface area (Å²) in [5, 5.41) is 5.15. The van der Waals surface area contributed by atoms with E-state index in [9.17, 15) is 0 Å². The van der Waals surface area contributed by atoms with Gasteiger partial charge in [-0.05, 0) is 37.8 Å². The van der Waals surface area contributed by atoms with Gasteiger partial charge in [0.1, 0.15) is 0 Å². The van der Waals surface area contributed by atoms with Crippen LogP contribution in [-0.2, 0) is 0 Å². The molecule has 1 saturated carbocycles. The van der Waals surface area contributed by atoms with E-state index in [0.717, 1.165) is 36.5 Å². The lowest BCUT2D eigenvalue weighted by Crippen LogP contribution is -2.29. The third kappa shape index (κ3) is 2.30. The zero-order chi connectivity index (χ0) is 12.5. The normalized spacial score (nSPS) is 22.8. The number of anilines is 1. The van der Waals surface area contributed by atoms with Crippen molar-refractivity contribution in [2.45, 2.75) is 25.1 Å². The summed E-state index contributed by atoms with van der Waals surface area (Å²) in [4.78, 5) is 4.55. The Morgan fingerprint density at radius 3 is 2.89 bits per heavy atom. The first-order valence-corrected chi connectivity index (χ1v) is 6.90. The fourth-order valence-electron chi connectivity index (χ4n) is 2.53. The molecule has 1 aliphatic carbocycles. The van der Waals surface area contributed by atoms with Crippen LogP contribution in [0.5, 0.6) is 0 Å². The monoisotopic (exact) mass is 260 g/mol. The van der Waals surface area contributed by atoms with Gasteiger partial charge in [-0.25, -0.2) is 0 Å². The van der Waals surface area contributed by atoms with Crippen LogP contribution in [0.2, 0.25) is 0 Å². The molecule has 2 nitrogen and oxygen atoms in total. The SMILES string of the molecule is Cc1cc(NCC2CC(Cl)C2)c2ccccc2n1. The lowest BCUT2D eigenvalue weighted by atomic mass is 9.85. The number of aryl methyl sites for hydroxylation is 1. The third-order valence-corrected chi connectivity index (χ3v) is 3.96. The number of fused-ring (bicyclic) bond motifs is 1. The van der Waals surface area contributed by atoms with E-state index in [1.807, 2.05) is 13.0 Å². The van der Waals surface area contributed by atoms with Gasteiger partial charge < -0.3 is 5.32 Å². The minimum Gasteiger partial charge on any atom is -0.384 e. The maximum Gasteiger partial charge on any atom is 0.0725 e. The van der Waals surface area contributed by atoms with Gasteiger partial charge in [0.25, 0.3) is 0 Å². The molecular weight excluding hydrogens is 244 g/mol. The van der Waals surface area contributed by atoms with Gasteiger partial charge in [-0.1, -0.05) is 18.2 Å². The van der Waals surface area contributed by atoms with Crippen molar-refractivity contribution >= 4 is 28.2 Å². The van der Waals surface area contributed by atoms with Crippen LogP contribution < -0.4 is 5.32 Å². The van der Waals surface area contributed by atoms with Crippen LogP contribution in [0.1, 0.15) is 18.5 Å². The Labute approximate surface area is 112 Å². The number of nitrogens with zero attached hydrogens (tertiary/aromatic N) is 1. The van der Waals surface area contributed by atoms with Crippen molar-refractivity contribution in [1.29, 1.82) is 0 Å². The van der Waals surface area contributed by atoms with Crippen LogP contribution in [0.3, 0.4) is 0 Å². The Bertz CT molecular complexity index is 561. The number of benzene rings is 1. The van der Waals surface area contributed by atoms with E-state index >= 15 is 0 Å². The van der Waals surface area contributed by atoms with Crippen molar-refractivity contribution < 1.29 is 0 Å². The molecule has 0 unspecified atom stereocenters. The summed E-state index contributed by atoms with van der Waals surface area (Å²) in [5.41, 5.74) is 3.31. The summed E-state index contributed by atoms with van der Waals surface area (Å²) < 4.78 is 0. The van der Waals surface area contributed by atoms with E-state index in [2.05, 4.69) is 34.6 Å². The summed E-state index contributed by atoms with van der Waals surface area (Å²) in [6, 6.07) is 10.4. The molecule has 94 valence electrons. The Balaban J connectivity index is 1.82. The molecule has 0 amide bonds. The van der Waals surface area contributed by atoms with Crippen molar-refractivity contribution in [3.8, 4) is 0 Å². The average Bonchev–Trinajstić information content (AvgIpc) is 2.32. The molecular formula is C15H17ClN2. The molecule has 1 aromatic carbocycles. The zero-order valence-corrected chi connectivity index (χ0v) is 11.2. The van der Waals surface area contributed by atoms with Gasteiger partial charge in [0.2, 0.25) is 0 Å². The second-order valence-corrected chi connectivity index (χ2v) is 5.76. The molecule has 1 aromatic heterocycles. The maximum absolute atomic E-state index is 6.01. The van der Waals surface area contributed by atoms with Crippen LogP contribution in [0.15, 0.2) is 30.3 Å². The van der Waals surface area contributed by atoms with E-state index in [4.69, 9.17) is 11.6 Å². The second-order valence-electron chi connectivity index (χ2n) is 5.14. The number of halogens is 1. The molecule has 0 spiro atoms. The highest BCUT2D eigenvalue weighted by Crippen LogP contribution is 2.32. The molecule has 18 heavy (non-hydrogen) atoms. The summed E-state index contributed by atoms with van der Waals surface area (Å²) in [6.07, 6.45) is 2.27. The molecule has 0 saturated heterocycles. The van der Waals surface area contributed by atoms with E-state index in [-0.39, 0.29) is 0 Å². The van der Waals surface area contributed by atoms with Crippen LogP contribution in [0, 0.1) is 12.8 Å². The number of hydrogen-bond acceptors (Lipinski definition) is 2. The molecule has 1 fully saturated rings. The van der Waals surface area contributed by atoms with Gasteiger partial charge in [0.15, 0.2) is 0 Å². The van der Waals surface area contributed by atoms with Crippen LogP contribution in [-0.4, -0.2) is 16.9 Å². The van der Waals surface area contributed by atoms with E-state index in [1.54, 1.807) is 0 Å². The number of nitrogens with one attached hydrogen (secondary N) is 1. The van der Waals surface area contributed by atoms with E-state index in [0.29, 0.717) is 5.38 Å². The minimum absolute atomic E-state index is 0.396. The lowest BCUT2D eigenvalue weighted by molar-refractivity contribution is 0.341. The highest BCUT2D eigenvalue weighted by atomic mass is 35.5. The predicted octanol–water partition coefficient (Wildman–Crippen LogP) is 3.97. The molecule has 0 aliphatic heterocycles. The number of rotatable bonds is 3. The Morgan fingerprint density at radius 1 is 1.33 bits per heavy atom. The van der Waals surface area contributed by atoms with Crippen molar-refractivity contribution in [2.24, 2.45) is 5.92 Å². The maximum atomic E-state index is 6.01. The highest BCUT2D eigenvalue weighted by molar-refractivity contribution is 6.21. The fraction of sp³-hybridized carbons (Fsp3) is 0.400. The summed E-state index contributed by atoms with van der Waals surface area (Å²) in [6.45, 7) is 3.05. The van der Waals surface area contributed by atoms with Crippen LogP contribution in [0.4, 0.5) is 5.69 Å². The van der Waals surface area contributed by atoms with Crippen molar-refractivity contribution in [3.05, 3.63) is 36.0 Å². The Hall–Kier alpha value is -1.28. The number of para-hydroxylation sites is 1.